The van der Waals surface area contributed by atoms with Crippen molar-refractivity contribution < 1.29 is 23.0 Å². The van der Waals surface area contributed by atoms with Crippen molar-refractivity contribution in [2.24, 2.45) is 10.2 Å². The van der Waals surface area contributed by atoms with Gasteiger partial charge in [0, 0.05) is 9.82 Å². The molecule has 0 radical (unpaired) electrons. The number of hydrogen-bond donors (Lipinski definition) is 0. The summed E-state index contributed by atoms with van der Waals surface area (Å²) in [6.07, 6.45) is -4.98. The van der Waals surface area contributed by atoms with Crippen molar-refractivity contribution in [1.29, 1.82) is 0 Å². The van der Waals surface area contributed by atoms with Crippen molar-refractivity contribution in [3.8, 4) is 0 Å². The van der Waals surface area contributed by atoms with Gasteiger partial charge in [0.25, 0.3) is 5.92 Å². The van der Waals surface area contributed by atoms with Gasteiger partial charge in [-0.05, 0) is 22.2 Å². The first-order valence-electron chi connectivity index (χ1n) is 9.45. The molecule has 0 saturated carbocycles. The molecule has 1 unspecified atom stereocenters. The maximum atomic E-state index is 15.2. The zero-order valence-corrected chi connectivity index (χ0v) is 16.4. The Balaban J connectivity index is 1.85. The molecule has 1 fully saturated rings. The summed E-state index contributed by atoms with van der Waals surface area (Å²) in [5.74, 6) is -3.60. The standard InChI is InChI=1S/C20H20F2N6O3/c21-20(22)16(11-25-27-23)31-19(30-13-15-9-5-2-6-10-15)17(26-28-24)18(20)29-12-14-7-3-1-4-8-14/h1-10,16-19H,11-13H2/t16-,17-,18-,19?/m1/s1. The van der Waals surface area contributed by atoms with E-state index in [0.29, 0.717) is 5.56 Å². The molecule has 31 heavy (non-hydrogen) atoms. The Labute approximate surface area is 176 Å². The quantitative estimate of drug-likeness (QED) is 0.311. The van der Waals surface area contributed by atoms with Gasteiger partial charge in [-0.1, -0.05) is 70.9 Å². The van der Waals surface area contributed by atoms with Crippen LogP contribution in [0.2, 0.25) is 0 Å². The van der Waals surface area contributed by atoms with Crippen LogP contribution in [0.5, 0.6) is 0 Å². The second kappa shape index (κ2) is 10.7. The van der Waals surface area contributed by atoms with Crippen molar-refractivity contribution >= 4 is 0 Å². The zero-order chi connectivity index (χ0) is 22.1. The van der Waals surface area contributed by atoms with Crippen molar-refractivity contribution in [2.45, 2.75) is 43.7 Å². The van der Waals surface area contributed by atoms with E-state index in [1.165, 1.54) is 0 Å². The lowest BCUT2D eigenvalue weighted by Crippen LogP contribution is -2.63. The van der Waals surface area contributed by atoms with E-state index in [-0.39, 0.29) is 13.2 Å². The van der Waals surface area contributed by atoms with Crippen molar-refractivity contribution in [3.63, 3.8) is 0 Å². The van der Waals surface area contributed by atoms with E-state index in [0.717, 1.165) is 5.56 Å². The van der Waals surface area contributed by atoms with E-state index in [1.807, 2.05) is 6.07 Å². The Bertz CT molecular complexity index is 936. The van der Waals surface area contributed by atoms with Crippen LogP contribution in [0.4, 0.5) is 8.78 Å². The van der Waals surface area contributed by atoms with Crippen LogP contribution >= 0.6 is 0 Å². The molecule has 0 N–H and O–H groups in total. The average Bonchev–Trinajstić information content (AvgIpc) is 2.79. The molecule has 0 aliphatic carbocycles. The summed E-state index contributed by atoms with van der Waals surface area (Å²) in [4.78, 5) is 5.23. The molecule has 9 nitrogen and oxygen atoms in total. The summed E-state index contributed by atoms with van der Waals surface area (Å²) in [6, 6.07) is 16.3. The minimum Gasteiger partial charge on any atom is -0.367 e. The molecule has 4 atom stereocenters. The van der Waals surface area contributed by atoms with E-state index < -0.39 is 37.0 Å². The molecular weight excluding hydrogens is 410 g/mol. The first-order chi connectivity index (χ1) is 15.1. The monoisotopic (exact) mass is 430 g/mol. The largest absolute Gasteiger partial charge is 0.367 e. The minimum atomic E-state index is -3.60. The number of nitrogens with zero attached hydrogens (tertiary/aromatic N) is 6. The highest BCUT2D eigenvalue weighted by Crippen LogP contribution is 2.39. The molecule has 0 aromatic heterocycles. The summed E-state index contributed by atoms with van der Waals surface area (Å²) in [5, 5.41) is 6.73. The van der Waals surface area contributed by atoms with Crippen LogP contribution in [0.15, 0.2) is 70.9 Å². The van der Waals surface area contributed by atoms with Crippen LogP contribution in [-0.2, 0) is 27.4 Å². The predicted molar refractivity (Wildman–Crippen MR) is 107 cm³/mol. The number of halogens is 2. The van der Waals surface area contributed by atoms with Crippen LogP contribution in [0.3, 0.4) is 0 Å². The molecular formula is C20H20F2N6O3. The Hall–Kier alpha value is -3.20. The van der Waals surface area contributed by atoms with Crippen LogP contribution in [0.25, 0.3) is 20.9 Å². The summed E-state index contributed by atoms with van der Waals surface area (Å²) in [7, 11) is 0. The predicted octanol–water partition coefficient (Wildman–Crippen LogP) is 5.14. The fourth-order valence-electron chi connectivity index (χ4n) is 3.20. The highest BCUT2D eigenvalue weighted by atomic mass is 19.3. The first-order valence-corrected chi connectivity index (χ1v) is 9.45. The summed E-state index contributed by atoms with van der Waals surface area (Å²) >= 11 is 0. The van der Waals surface area contributed by atoms with Gasteiger partial charge in [0.05, 0.1) is 19.8 Å². The normalized spacial score (nSPS) is 24.6. The fourth-order valence-corrected chi connectivity index (χ4v) is 3.20. The first kappa shape index (κ1) is 22.5. The fraction of sp³-hybridized carbons (Fsp3) is 0.400. The lowest BCUT2D eigenvalue weighted by atomic mass is 9.95. The molecule has 0 amide bonds. The third-order valence-corrected chi connectivity index (χ3v) is 4.72. The van der Waals surface area contributed by atoms with E-state index in [9.17, 15) is 0 Å². The van der Waals surface area contributed by atoms with Gasteiger partial charge in [-0.2, -0.15) is 0 Å². The van der Waals surface area contributed by atoms with E-state index in [2.05, 4.69) is 20.1 Å². The van der Waals surface area contributed by atoms with Gasteiger partial charge in [-0.3, -0.25) is 0 Å². The maximum absolute atomic E-state index is 15.2. The SMILES string of the molecule is [N-]=[N+]=NC[C@H]1OC(OCc2ccccc2)[C@H](N=[N+]=[N-])[C@@H](OCc2ccccc2)C1(F)F. The van der Waals surface area contributed by atoms with E-state index >= 15 is 8.78 Å². The number of alkyl halides is 2. The average molecular weight is 430 g/mol. The number of hydrogen-bond acceptors (Lipinski definition) is 5. The molecule has 2 aromatic carbocycles. The van der Waals surface area contributed by atoms with Gasteiger partial charge in [-0.25, -0.2) is 8.78 Å². The molecule has 0 bridgehead atoms. The summed E-state index contributed by atoms with van der Waals surface area (Å²) in [5.41, 5.74) is 19.0. The molecule has 0 spiro atoms. The molecule has 1 heterocycles. The number of benzene rings is 2. The third-order valence-electron chi connectivity index (χ3n) is 4.72. The number of azide groups is 2. The minimum absolute atomic E-state index is 0.0359. The highest BCUT2D eigenvalue weighted by Gasteiger charge is 2.59. The molecule has 2 aromatic rings. The van der Waals surface area contributed by atoms with Gasteiger partial charge in [-0.15, -0.1) is 0 Å². The van der Waals surface area contributed by atoms with Crippen molar-refractivity contribution in [1.82, 2.24) is 0 Å². The molecule has 3 rings (SSSR count). The van der Waals surface area contributed by atoms with Crippen LogP contribution in [0, 0.1) is 0 Å². The third kappa shape index (κ3) is 5.69. The van der Waals surface area contributed by atoms with Gasteiger partial charge in [0.2, 0.25) is 0 Å². The Morgan fingerprint density at radius 2 is 1.48 bits per heavy atom. The molecule has 1 aliphatic heterocycles. The number of ether oxygens (including phenoxy) is 3. The van der Waals surface area contributed by atoms with E-state index in [1.54, 1.807) is 54.6 Å². The van der Waals surface area contributed by atoms with Crippen molar-refractivity contribution in [3.05, 3.63) is 92.7 Å². The lowest BCUT2D eigenvalue weighted by molar-refractivity contribution is -0.318. The van der Waals surface area contributed by atoms with Gasteiger partial charge < -0.3 is 14.2 Å². The summed E-state index contributed by atoms with van der Waals surface area (Å²) < 4.78 is 47.0. The number of rotatable bonds is 9. The Morgan fingerprint density at radius 3 is 2.03 bits per heavy atom. The highest BCUT2D eigenvalue weighted by molar-refractivity contribution is 5.15. The lowest BCUT2D eigenvalue weighted by Gasteiger charge is -2.44. The van der Waals surface area contributed by atoms with E-state index in [4.69, 9.17) is 25.3 Å². The van der Waals surface area contributed by atoms with Gasteiger partial charge >= 0.3 is 0 Å². The van der Waals surface area contributed by atoms with Crippen LogP contribution in [0.1, 0.15) is 11.1 Å². The zero-order valence-electron chi connectivity index (χ0n) is 16.4. The maximum Gasteiger partial charge on any atom is 0.300 e. The van der Waals surface area contributed by atoms with Crippen molar-refractivity contribution in [2.75, 3.05) is 6.54 Å². The second-order valence-electron chi connectivity index (χ2n) is 6.79. The summed E-state index contributed by atoms with van der Waals surface area (Å²) in [6.45, 7) is -0.741. The van der Waals surface area contributed by atoms with Crippen LogP contribution < -0.4 is 0 Å². The van der Waals surface area contributed by atoms with Crippen LogP contribution in [-0.4, -0.2) is 37.0 Å². The molecule has 11 heteroatoms. The Kier molecular flexibility index (Phi) is 7.77. The molecule has 162 valence electrons. The second-order valence-corrected chi connectivity index (χ2v) is 6.79. The van der Waals surface area contributed by atoms with Gasteiger partial charge in [0.1, 0.15) is 18.2 Å². The van der Waals surface area contributed by atoms with Gasteiger partial charge in [0.15, 0.2) is 6.29 Å². The smallest absolute Gasteiger partial charge is 0.300 e. The molecule has 1 aliphatic rings. The topological polar surface area (TPSA) is 125 Å². The Morgan fingerprint density at radius 1 is 0.903 bits per heavy atom. The molecule has 1 saturated heterocycles.